The van der Waals surface area contributed by atoms with Gasteiger partial charge in [-0.1, -0.05) is 49.6 Å². The molecule has 0 bridgehead atoms. The van der Waals surface area contributed by atoms with Gasteiger partial charge in [0.15, 0.2) is 0 Å². The van der Waals surface area contributed by atoms with Crippen LogP contribution in [0.2, 0.25) is 0 Å². The zero-order valence-corrected chi connectivity index (χ0v) is 17.8. The topological polar surface area (TPSA) is 110 Å². The molecule has 2 amide bonds. The van der Waals surface area contributed by atoms with Gasteiger partial charge in [-0.15, -0.1) is 0 Å². The van der Waals surface area contributed by atoms with Crippen molar-refractivity contribution in [2.24, 2.45) is 11.5 Å². The number of hydrogen-bond donors (Lipinski definition) is 3. The van der Waals surface area contributed by atoms with Gasteiger partial charge < -0.3 is 21.5 Å². The fourth-order valence-electron chi connectivity index (χ4n) is 3.68. The van der Waals surface area contributed by atoms with E-state index in [2.05, 4.69) is 4.90 Å². The molecule has 0 saturated heterocycles. The highest BCUT2D eigenvalue weighted by Crippen LogP contribution is 2.30. The molecule has 0 spiro atoms. The minimum absolute atomic E-state index is 0.191. The number of likely N-dealkylation sites (N-methyl/N-ethyl adjacent to an activating group) is 1. The van der Waals surface area contributed by atoms with Crippen LogP contribution in [0.4, 0.5) is 0 Å². The molecule has 0 heterocycles. The van der Waals surface area contributed by atoms with E-state index in [1.807, 2.05) is 37.4 Å². The number of benzene rings is 2. The van der Waals surface area contributed by atoms with Crippen molar-refractivity contribution < 1.29 is 14.7 Å². The Labute approximate surface area is 178 Å². The van der Waals surface area contributed by atoms with E-state index in [0.29, 0.717) is 24.1 Å². The predicted octanol–water partition coefficient (Wildman–Crippen LogP) is 2.97. The fraction of sp³-hybridized carbons (Fsp3) is 0.417. The molecule has 0 aliphatic rings. The lowest BCUT2D eigenvalue weighted by atomic mass is 9.89. The van der Waals surface area contributed by atoms with Gasteiger partial charge in [-0.05, 0) is 61.7 Å². The quantitative estimate of drug-likeness (QED) is 0.440. The minimum atomic E-state index is -0.576. The van der Waals surface area contributed by atoms with Gasteiger partial charge in [-0.25, -0.2) is 0 Å². The van der Waals surface area contributed by atoms with E-state index < -0.39 is 11.8 Å². The molecule has 0 atom stereocenters. The highest BCUT2D eigenvalue weighted by molar-refractivity contribution is 6.02. The Morgan fingerprint density at radius 1 is 0.900 bits per heavy atom. The van der Waals surface area contributed by atoms with Crippen molar-refractivity contribution in [1.82, 2.24) is 4.90 Å². The van der Waals surface area contributed by atoms with Crippen LogP contribution in [-0.2, 0) is 6.42 Å². The first-order valence-electron chi connectivity index (χ1n) is 10.6. The number of amides is 2. The summed E-state index contributed by atoms with van der Waals surface area (Å²) in [6.45, 7) is 1.88. The van der Waals surface area contributed by atoms with Crippen molar-refractivity contribution in [2.75, 3.05) is 26.7 Å². The number of aliphatic hydroxyl groups excluding tert-OH is 1. The maximum Gasteiger partial charge on any atom is 0.249 e. The van der Waals surface area contributed by atoms with E-state index in [1.165, 1.54) is 6.07 Å². The number of aliphatic hydroxyl groups is 1. The standard InChI is InChI=1S/C24H33N3O3/c1-27(14-15-28)13-9-4-2-3-8-12-20-21(18-10-6-5-7-11-18)16-19(23(25)29)17-22(20)24(26)30/h5-7,10-11,16-17,28H,2-4,8-9,12-15H2,1H3,(H2,25,29)(H2,26,30). The molecule has 2 aromatic rings. The molecule has 0 aliphatic carbocycles. The van der Waals surface area contributed by atoms with Crippen LogP contribution in [0.3, 0.4) is 0 Å². The molecule has 0 radical (unpaired) electrons. The number of nitrogens with zero attached hydrogens (tertiary/aromatic N) is 1. The smallest absolute Gasteiger partial charge is 0.249 e. The molecule has 0 aliphatic heterocycles. The lowest BCUT2D eigenvalue weighted by Gasteiger charge is -2.16. The Hall–Kier alpha value is -2.70. The Morgan fingerprint density at radius 3 is 2.20 bits per heavy atom. The Kier molecular flexibility index (Phi) is 9.51. The lowest BCUT2D eigenvalue weighted by molar-refractivity contribution is 0.0998. The molecule has 0 saturated carbocycles. The summed E-state index contributed by atoms with van der Waals surface area (Å²) in [7, 11) is 2.02. The number of primary amides is 2. The van der Waals surface area contributed by atoms with Gasteiger partial charge in [0, 0.05) is 17.7 Å². The molecule has 6 nitrogen and oxygen atoms in total. The summed E-state index contributed by atoms with van der Waals surface area (Å²) in [6.07, 6.45) is 6.04. The fourth-order valence-corrected chi connectivity index (χ4v) is 3.68. The van der Waals surface area contributed by atoms with Crippen molar-refractivity contribution in [1.29, 1.82) is 0 Å². The summed E-state index contributed by atoms with van der Waals surface area (Å²) >= 11 is 0. The SMILES string of the molecule is CN(CCO)CCCCCCCc1c(C(N)=O)cc(C(N)=O)cc1-c1ccccc1. The van der Waals surface area contributed by atoms with E-state index in [0.717, 1.165) is 55.3 Å². The molecule has 0 unspecified atom stereocenters. The first-order valence-corrected chi connectivity index (χ1v) is 10.6. The molecule has 5 N–H and O–H groups in total. The molecule has 162 valence electrons. The van der Waals surface area contributed by atoms with Gasteiger partial charge in [0.1, 0.15) is 0 Å². The highest BCUT2D eigenvalue weighted by Gasteiger charge is 2.17. The van der Waals surface area contributed by atoms with E-state index in [-0.39, 0.29) is 6.61 Å². The summed E-state index contributed by atoms with van der Waals surface area (Å²) in [6, 6.07) is 13.0. The third-order valence-corrected chi connectivity index (χ3v) is 5.33. The zero-order valence-electron chi connectivity index (χ0n) is 17.8. The van der Waals surface area contributed by atoms with Gasteiger partial charge in [-0.2, -0.15) is 0 Å². The van der Waals surface area contributed by atoms with Gasteiger partial charge >= 0.3 is 0 Å². The van der Waals surface area contributed by atoms with E-state index in [1.54, 1.807) is 6.07 Å². The molecular formula is C24H33N3O3. The summed E-state index contributed by atoms with van der Waals surface area (Å²) in [5.74, 6) is -1.12. The Bertz CT molecular complexity index is 837. The minimum Gasteiger partial charge on any atom is -0.395 e. The Balaban J connectivity index is 2.08. The van der Waals surface area contributed by atoms with Gasteiger partial charge in [0.05, 0.1) is 6.61 Å². The first-order chi connectivity index (χ1) is 14.4. The summed E-state index contributed by atoms with van der Waals surface area (Å²) < 4.78 is 0. The summed E-state index contributed by atoms with van der Waals surface area (Å²) in [5.41, 5.74) is 14.4. The zero-order chi connectivity index (χ0) is 21.9. The van der Waals surface area contributed by atoms with Crippen LogP contribution in [-0.4, -0.2) is 48.6 Å². The molecule has 2 rings (SSSR count). The second kappa shape index (κ2) is 12.1. The number of carbonyl (C=O) groups is 2. The Morgan fingerprint density at radius 2 is 1.57 bits per heavy atom. The third-order valence-electron chi connectivity index (χ3n) is 5.33. The maximum atomic E-state index is 12.1. The van der Waals surface area contributed by atoms with Gasteiger partial charge in [-0.3, -0.25) is 9.59 Å². The highest BCUT2D eigenvalue weighted by atomic mass is 16.3. The number of nitrogens with two attached hydrogens (primary N) is 2. The van der Waals surface area contributed by atoms with Crippen LogP contribution in [0.15, 0.2) is 42.5 Å². The molecule has 30 heavy (non-hydrogen) atoms. The maximum absolute atomic E-state index is 12.1. The van der Waals surface area contributed by atoms with Crippen LogP contribution in [0, 0.1) is 0 Å². The van der Waals surface area contributed by atoms with E-state index >= 15 is 0 Å². The second-order valence-corrected chi connectivity index (χ2v) is 7.69. The molecule has 0 fully saturated rings. The van der Waals surface area contributed by atoms with E-state index in [9.17, 15) is 9.59 Å². The monoisotopic (exact) mass is 411 g/mol. The van der Waals surface area contributed by atoms with Crippen molar-refractivity contribution >= 4 is 11.8 Å². The predicted molar refractivity (Wildman–Crippen MR) is 120 cm³/mol. The van der Waals surface area contributed by atoms with Crippen molar-refractivity contribution in [3.63, 3.8) is 0 Å². The number of hydrogen-bond acceptors (Lipinski definition) is 4. The molecule has 2 aromatic carbocycles. The lowest BCUT2D eigenvalue weighted by Crippen LogP contribution is -2.23. The first kappa shape index (κ1) is 23.6. The number of rotatable bonds is 13. The van der Waals surface area contributed by atoms with Crippen LogP contribution < -0.4 is 11.5 Å². The second-order valence-electron chi connectivity index (χ2n) is 7.69. The van der Waals surface area contributed by atoms with Crippen LogP contribution in [0.1, 0.15) is 58.4 Å². The van der Waals surface area contributed by atoms with Gasteiger partial charge in [0.2, 0.25) is 11.8 Å². The number of unbranched alkanes of at least 4 members (excludes halogenated alkanes) is 4. The molecular weight excluding hydrogens is 378 g/mol. The van der Waals surface area contributed by atoms with Crippen LogP contribution in [0.25, 0.3) is 11.1 Å². The molecule has 6 heteroatoms. The third kappa shape index (κ3) is 6.97. The largest absolute Gasteiger partial charge is 0.395 e. The summed E-state index contributed by atoms with van der Waals surface area (Å²) in [5, 5.41) is 8.93. The number of carbonyl (C=O) groups excluding carboxylic acids is 2. The van der Waals surface area contributed by atoms with Crippen molar-refractivity contribution in [3.05, 3.63) is 59.2 Å². The molecule has 0 aromatic heterocycles. The van der Waals surface area contributed by atoms with Crippen molar-refractivity contribution in [3.8, 4) is 11.1 Å². The van der Waals surface area contributed by atoms with E-state index in [4.69, 9.17) is 16.6 Å². The summed E-state index contributed by atoms with van der Waals surface area (Å²) in [4.78, 5) is 26.0. The normalized spacial score (nSPS) is 11.0. The van der Waals surface area contributed by atoms with Crippen LogP contribution in [0.5, 0.6) is 0 Å². The van der Waals surface area contributed by atoms with Gasteiger partial charge in [0.25, 0.3) is 0 Å². The van der Waals surface area contributed by atoms with Crippen LogP contribution >= 0.6 is 0 Å². The average molecular weight is 412 g/mol. The van der Waals surface area contributed by atoms with Crippen molar-refractivity contribution in [2.45, 2.75) is 38.5 Å². The average Bonchev–Trinajstić information content (AvgIpc) is 2.73.